The number of likely N-dealkylation sites (N-methyl/N-ethyl adjacent to an activating group) is 1. The van der Waals surface area contributed by atoms with Crippen molar-refractivity contribution in [3.8, 4) is 0 Å². The van der Waals surface area contributed by atoms with Crippen molar-refractivity contribution in [1.82, 2.24) is 10.2 Å². The lowest BCUT2D eigenvalue weighted by atomic mass is 9.86. The highest BCUT2D eigenvalue weighted by molar-refractivity contribution is 5.86. The van der Waals surface area contributed by atoms with Gasteiger partial charge in [0.05, 0.1) is 6.54 Å². The van der Waals surface area contributed by atoms with Gasteiger partial charge in [0.15, 0.2) is 6.61 Å². The average molecular weight is 354 g/mol. The van der Waals surface area contributed by atoms with Crippen LogP contribution in [-0.2, 0) is 19.1 Å². The van der Waals surface area contributed by atoms with E-state index in [4.69, 9.17) is 4.74 Å². The zero-order chi connectivity index (χ0) is 18.9. The quantitative estimate of drug-likeness (QED) is 0.680. The molecular weight excluding hydrogens is 320 g/mol. The maximum Gasteiger partial charge on any atom is 0.306 e. The second-order valence-corrected chi connectivity index (χ2v) is 8.10. The number of ether oxygens (including phenoxy) is 1. The zero-order valence-corrected chi connectivity index (χ0v) is 16.2. The fourth-order valence-electron chi connectivity index (χ4n) is 3.10. The molecule has 0 unspecified atom stereocenters. The Kier molecular flexibility index (Phi) is 8.93. The van der Waals surface area contributed by atoms with Gasteiger partial charge in [-0.2, -0.15) is 0 Å². The summed E-state index contributed by atoms with van der Waals surface area (Å²) < 4.78 is 5.03. The van der Waals surface area contributed by atoms with Crippen LogP contribution in [0.2, 0.25) is 0 Å². The number of nitrogens with one attached hydrogen (secondary N) is 1. The molecule has 144 valence electrons. The third-order valence-electron chi connectivity index (χ3n) is 4.40. The molecule has 0 heterocycles. The van der Waals surface area contributed by atoms with Crippen LogP contribution in [0, 0.1) is 5.92 Å². The molecule has 0 spiro atoms. The highest BCUT2D eigenvalue weighted by atomic mass is 16.5. The largest absolute Gasteiger partial charge is 0.456 e. The van der Waals surface area contributed by atoms with E-state index in [0.717, 1.165) is 18.8 Å². The molecule has 1 aliphatic rings. The van der Waals surface area contributed by atoms with Crippen LogP contribution < -0.4 is 5.32 Å². The molecule has 1 rings (SSSR count). The number of nitrogens with zero attached hydrogens (tertiary/aromatic N) is 1. The van der Waals surface area contributed by atoms with Crippen molar-refractivity contribution in [2.24, 2.45) is 5.92 Å². The van der Waals surface area contributed by atoms with Crippen molar-refractivity contribution in [1.29, 1.82) is 0 Å². The minimum absolute atomic E-state index is 0.0463. The standard InChI is InChI=1S/C19H34N2O4/c1-19(2,3)20-16(22)13-21(4)17(23)14-25-18(24)12-8-11-15-9-6-5-7-10-15/h15H,5-14H2,1-4H3,(H,20,22). The van der Waals surface area contributed by atoms with Crippen LogP contribution in [0.15, 0.2) is 0 Å². The first-order chi connectivity index (χ1) is 11.7. The topological polar surface area (TPSA) is 75.7 Å². The number of amides is 2. The van der Waals surface area contributed by atoms with E-state index in [1.165, 1.54) is 44.1 Å². The van der Waals surface area contributed by atoms with Gasteiger partial charge >= 0.3 is 5.97 Å². The Morgan fingerprint density at radius 1 is 1.12 bits per heavy atom. The van der Waals surface area contributed by atoms with Crippen LogP contribution in [-0.4, -0.2) is 48.4 Å². The van der Waals surface area contributed by atoms with Gasteiger partial charge in [-0.3, -0.25) is 14.4 Å². The van der Waals surface area contributed by atoms with E-state index in [0.29, 0.717) is 6.42 Å². The SMILES string of the molecule is CN(CC(=O)NC(C)(C)C)C(=O)COC(=O)CCCC1CCCCC1. The van der Waals surface area contributed by atoms with Gasteiger partial charge < -0.3 is 15.0 Å². The van der Waals surface area contributed by atoms with E-state index in [1.54, 1.807) is 0 Å². The van der Waals surface area contributed by atoms with E-state index in [9.17, 15) is 14.4 Å². The maximum atomic E-state index is 11.9. The van der Waals surface area contributed by atoms with Crippen molar-refractivity contribution in [2.45, 2.75) is 77.7 Å². The second-order valence-electron chi connectivity index (χ2n) is 8.10. The maximum absolute atomic E-state index is 11.9. The number of carbonyl (C=O) groups is 3. The van der Waals surface area contributed by atoms with E-state index < -0.39 is 0 Å². The minimum atomic E-state index is -0.371. The fourth-order valence-corrected chi connectivity index (χ4v) is 3.10. The Morgan fingerprint density at radius 2 is 1.76 bits per heavy atom. The first-order valence-corrected chi connectivity index (χ1v) is 9.38. The summed E-state index contributed by atoms with van der Waals surface area (Å²) in [5.74, 6) is -0.195. The Balaban J connectivity index is 2.16. The van der Waals surface area contributed by atoms with E-state index >= 15 is 0 Å². The Hall–Kier alpha value is -1.59. The summed E-state index contributed by atoms with van der Waals surface area (Å²) in [5, 5.41) is 2.79. The molecule has 0 aromatic rings. The first kappa shape index (κ1) is 21.5. The van der Waals surface area contributed by atoms with Gasteiger partial charge in [-0.1, -0.05) is 32.1 Å². The number of hydrogen-bond acceptors (Lipinski definition) is 4. The summed E-state index contributed by atoms with van der Waals surface area (Å²) in [7, 11) is 1.53. The number of esters is 1. The predicted molar refractivity (Wildman–Crippen MR) is 96.9 cm³/mol. The van der Waals surface area contributed by atoms with Crippen molar-refractivity contribution < 1.29 is 19.1 Å². The van der Waals surface area contributed by atoms with Crippen molar-refractivity contribution >= 4 is 17.8 Å². The van der Waals surface area contributed by atoms with E-state index in [-0.39, 0.29) is 36.5 Å². The molecule has 1 aliphatic carbocycles. The normalized spacial score (nSPS) is 15.5. The van der Waals surface area contributed by atoms with E-state index in [2.05, 4.69) is 5.32 Å². The molecule has 0 saturated heterocycles. The Bertz CT molecular complexity index is 451. The fraction of sp³-hybridized carbons (Fsp3) is 0.842. The first-order valence-electron chi connectivity index (χ1n) is 9.38. The predicted octanol–water partition coefficient (Wildman–Crippen LogP) is 2.65. The van der Waals surface area contributed by atoms with Gasteiger partial charge in [0.2, 0.25) is 5.91 Å². The van der Waals surface area contributed by atoms with Gasteiger partial charge in [0.1, 0.15) is 0 Å². The molecule has 0 aromatic heterocycles. The molecule has 6 nitrogen and oxygen atoms in total. The van der Waals surface area contributed by atoms with Crippen LogP contribution in [0.25, 0.3) is 0 Å². The van der Waals surface area contributed by atoms with Crippen LogP contribution in [0.1, 0.15) is 72.1 Å². The molecule has 0 bridgehead atoms. The molecule has 2 amide bonds. The lowest BCUT2D eigenvalue weighted by molar-refractivity contribution is -0.152. The van der Waals surface area contributed by atoms with Gasteiger partial charge in [0.25, 0.3) is 5.91 Å². The molecule has 0 radical (unpaired) electrons. The van der Waals surface area contributed by atoms with Crippen LogP contribution in [0.5, 0.6) is 0 Å². The molecule has 0 aromatic carbocycles. The lowest BCUT2D eigenvalue weighted by Crippen LogP contribution is -2.46. The summed E-state index contributed by atoms with van der Waals surface area (Å²) in [6.45, 7) is 5.28. The number of carbonyl (C=O) groups excluding carboxylic acids is 3. The van der Waals surface area contributed by atoms with Crippen molar-refractivity contribution in [2.75, 3.05) is 20.2 Å². The van der Waals surface area contributed by atoms with Crippen molar-refractivity contribution in [3.05, 3.63) is 0 Å². The van der Waals surface area contributed by atoms with Crippen molar-refractivity contribution in [3.63, 3.8) is 0 Å². The minimum Gasteiger partial charge on any atom is -0.456 e. The zero-order valence-electron chi connectivity index (χ0n) is 16.2. The highest BCUT2D eigenvalue weighted by Crippen LogP contribution is 2.27. The molecule has 6 heteroatoms. The van der Waals surface area contributed by atoms with Gasteiger partial charge in [-0.25, -0.2) is 0 Å². The summed E-state index contributed by atoms with van der Waals surface area (Å²) >= 11 is 0. The molecule has 25 heavy (non-hydrogen) atoms. The number of hydrogen-bond donors (Lipinski definition) is 1. The molecular formula is C19H34N2O4. The lowest BCUT2D eigenvalue weighted by Gasteiger charge is -2.23. The van der Waals surface area contributed by atoms with Crippen LogP contribution in [0.4, 0.5) is 0 Å². The molecule has 1 fully saturated rings. The highest BCUT2D eigenvalue weighted by Gasteiger charge is 2.19. The summed E-state index contributed by atoms with van der Waals surface area (Å²) in [6.07, 6.45) is 8.73. The smallest absolute Gasteiger partial charge is 0.306 e. The Labute approximate surface area is 151 Å². The molecule has 0 aliphatic heterocycles. The molecule has 1 N–H and O–H groups in total. The Morgan fingerprint density at radius 3 is 2.36 bits per heavy atom. The van der Waals surface area contributed by atoms with Crippen LogP contribution in [0.3, 0.4) is 0 Å². The van der Waals surface area contributed by atoms with Crippen LogP contribution >= 0.6 is 0 Å². The third kappa shape index (κ3) is 10.1. The second kappa shape index (κ2) is 10.4. The van der Waals surface area contributed by atoms with Gasteiger partial charge in [-0.15, -0.1) is 0 Å². The molecule has 1 saturated carbocycles. The molecule has 0 atom stereocenters. The monoisotopic (exact) mass is 354 g/mol. The summed E-state index contributed by atoms with van der Waals surface area (Å²) in [6, 6.07) is 0. The summed E-state index contributed by atoms with van der Waals surface area (Å²) in [5.41, 5.74) is -0.341. The summed E-state index contributed by atoms with van der Waals surface area (Å²) in [4.78, 5) is 36.8. The van der Waals surface area contributed by atoms with Gasteiger partial charge in [-0.05, 0) is 39.5 Å². The van der Waals surface area contributed by atoms with Gasteiger partial charge in [0, 0.05) is 19.0 Å². The third-order valence-corrected chi connectivity index (χ3v) is 4.40. The average Bonchev–Trinajstić information content (AvgIpc) is 2.51. The number of rotatable bonds is 8. The van der Waals surface area contributed by atoms with E-state index in [1.807, 2.05) is 20.8 Å².